The standard InChI is InChI=1S/C13H18NO/c1-10(2)11-5-7-12(8-6-11)13(3,4)14-9-15/h5-8,10H,1-4H3,(H,14,15). The first-order valence-corrected chi connectivity index (χ1v) is 5.22. The summed E-state index contributed by atoms with van der Waals surface area (Å²) in [5, 5.41) is 2.68. The number of rotatable bonds is 4. The smallest absolute Gasteiger partial charge is 0.310 e. The Kier molecular flexibility index (Phi) is 3.51. The van der Waals surface area contributed by atoms with Gasteiger partial charge in [-0.3, -0.25) is 4.79 Å². The lowest BCUT2D eigenvalue weighted by Gasteiger charge is -2.24. The first-order chi connectivity index (χ1) is 6.97. The molecule has 1 amide bonds. The molecule has 0 aliphatic rings. The van der Waals surface area contributed by atoms with Gasteiger partial charge in [-0.15, -0.1) is 0 Å². The van der Waals surface area contributed by atoms with Gasteiger partial charge in [0.05, 0.1) is 5.54 Å². The van der Waals surface area contributed by atoms with Crippen molar-refractivity contribution in [2.24, 2.45) is 0 Å². The maximum absolute atomic E-state index is 10.3. The summed E-state index contributed by atoms with van der Waals surface area (Å²) < 4.78 is 0. The zero-order valence-corrected chi connectivity index (χ0v) is 9.79. The molecule has 0 saturated heterocycles. The van der Waals surface area contributed by atoms with Gasteiger partial charge < -0.3 is 5.32 Å². The topological polar surface area (TPSA) is 29.1 Å². The molecule has 1 aromatic rings. The Morgan fingerprint density at radius 2 is 1.73 bits per heavy atom. The molecule has 0 unspecified atom stereocenters. The summed E-state index contributed by atoms with van der Waals surface area (Å²) in [7, 11) is 0. The molecule has 0 bridgehead atoms. The molecule has 0 heterocycles. The van der Waals surface area contributed by atoms with E-state index in [2.05, 4.69) is 43.4 Å². The molecule has 0 aliphatic carbocycles. The van der Waals surface area contributed by atoms with Crippen LogP contribution in [0, 0.1) is 0 Å². The van der Waals surface area contributed by atoms with Crippen LogP contribution in [-0.2, 0) is 10.3 Å². The molecule has 0 aromatic heterocycles. The Morgan fingerprint density at radius 1 is 1.20 bits per heavy atom. The van der Waals surface area contributed by atoms with Crippen molar-refractivity contribution >= 4 is 6.41 Å². The van der Waals surface area contributed by atoms with Crippen molar-refractivity contribution in [3.8, 4) is 0 Å². The molecule has 1 N–H and O–H groups in total. The highest BCUT2D eigenvalue weighted by atomic mass is 16.1. The predicted molar refractivity (Wildman–Crippen MR) is 62.4 cm³/mol. The van der Waals surface area contributed by atoms with E-state index in [0.717, 1.165) is 5.56 Å². The minimum absolute atomic E-state index is 0.350. The number of carbonyl (C=O) groups excluding carboxylic acids is 1. The van der Waals surface area contributed by atoms with Crippen molar-refractivity contribution in [3.63, 3.8) is 0 Å². The number of hydrogen-bond donors (Lipinski definition) is 1. The molecule has 0 fully saturated rings. The normalized spacial score (nSPS) is 11.5. The zero-order chi connectivity index (χ0) is 11.5. The first-order valence-electron chi connectivity index (χ1n) is 5.22. The van der Waals surface area contributed by atoms with Crippen LogP contribution in [0.3, 0.4) is 0 Å². The average Bonchev–Trinajstić information content (AvgIpc) is 2.18. The summed E-state index contributed by atoms with van der Waals surface area (Å²) in [6.07, 6.45) is 1.74. The number of hydrogen-bond acceptors (Lipinski definition) is 1. The van der Waals surface area contributed by atoms with Crippen molar-refractivity contribution in [2.45, 2.75) is 39.2 Å². The van der Waals surface area contributed by atoms with Gasteiger partial charge in [-0.05, 0) is 30.9 Å². The van der Waals surface area contributed by atoms with E-state index in [-0.39, 0.29) is 5.54 Å². The molecule has 0 spiro atoms. The highest BCUT2D eigenvalue weighted by Crippen LogP contribution is 2.22. The van der Waals surface area contributed by atoms with Gasteiger partial charge in [0.1, 0.15) is 0 Å². The Labute approximate surface area is 91.7 Å². The Hall–Kier alpha value is -1.31. The zero-order valence-electron chi connectivity index (χ0n) is 9.79. The third-order valence-corrected chi connectivity index (χ3v) is 2.66. The van der Waals surface area contributed by atoms with Crippen molar-refractivity contribution in [3.05, 3.63) is 35.4 Å². The molecule has 1 radical (unpaired) electrons. The second kappa shape index (κ2) is 4.47. The van der Waals surface area contributed by atoms with Gasteiger partial charge in [-0.2, -0.15) is 0 Å². The molecule has 0 atom stereocenters. The molecule has 0 aliphatic heterocycles. The van der Waals surface area contributed by atoms with Crippen molar-refractivity contribution < 1.29 is 4.79 Å². The molecule has 81 valence electrons. The average molecular weight is 204 g/mol. The van der Waals surface area contributed by atoms with Crippen LogP contribution in [0.25, 0.3) is 0 Å². The van der Waals surface area contributed by atoms with Gasteiger partial charge in [0.2, 0.25) is 0 Å². The largest absolute Gasteiger partial charge is 0.339 e. The molecule has 0 saturated carbocycles. The summed E-state index contributed by atoms with van der Waals surface area (Å²) in [5.41, 5.74) is 2.05. The van der Waals surface area contributed by atoms with Crippen LogP contribution in [0.1, 0.15) is 44.7 Å². The van der Waals surface area contributed by atoms with Gasteiger partial charge in [0.25, 0.3) is 0 Å². The molecule has 2 heteroatoms. The third kappa shape index (κ3) is 2.82. The molecule has 1 rings (SSSR count). The number of nitrogens with one attached hydrogen (secondary N) is 1. The van der Waals surface area contributed by atoms with E-state index in [1.165, 1.54) is 5.56 Å². The fourth-order valence-electron chi connectivity index (χ4n) is 1.48. The Balaban J connectivity index is 2.92. The van der Waals surface area contributed by atoms with Crippen LogP contribution in [0.5, 0.6) is 0 Å². The third-order valence-electron chi connectivity index (χ3n) is 2.66. The van der Waals surface area contributed by atoms with E-state index in [4.69, 9.17) is 0 Å². The SMILES string of the molecule is CC(C)c1ccc(C(C)(C)N[C]=O)cc1. The Bertz CT molecular complexity index is 325. The highest BCUT2D eigenvalue weighted by molar-refractivity contribution is 5.50. The monoisotopic (exact) mass is 204 g/mol. The van der Waals surface area contributed by atoms with Gasteiger partial charge >= 0.3 is 6.41 Å². The second-order valence-electron chi connectivity index (χ2n) is 4.63. The van der Waals surface area contributed by atoms with Crippen LogP contribution >= 0.6 is 0 Å². The van der Waals surface area contributed by atoms with Crippen LogP contribution in [0.2, 0.25) is 0 Å². The predicted octanol–water partition coefficient (Wildman–Crippen LogP) is 2.70. The van der Waals surface area contributed by atoms with Crippen molar-refractivity contribution in [2.75, 3.05) is 0 Å². The highest BCUT2D eigenvalue weighted by Gasteiger charge is 2.19. The van der Waals surface area contributed by atoms with E-state index >= 15 is 0 Å². The van der Waals surface area contributed by atoms with Crippen molar-refractivity contribution in [1.82, 2.24) is 5.32 Å². The summed E-state index contributed by atoms with van der Waals surface area (Å²) in [4.78, 5) is 10.3. The summed E-state index contributed by atoms with van der Waals surface area (Å²) >= 11 is 0. The van der Waals surface area contributed by atoms with Gasteiger partial charge in [0.15, 0.2) is 0 Å². The Morgan fingerprint density at radius 3 is 2.13 bits per heavy atom. The maximum Gasteiger partial charge on any atom is 0.310 e. The van der Waals surface area contributed by atoms with E-state index in [9.17, 15) is 4.79 Å². The fraction of sp³-hybridized carbons (Fsp3) is 0.462. The number of benzene rings is 1. The lowest BCUT2D eigenvalue weighted by molar-refractivity contribution is 0.451. The van der Waals surface area contributed by atoms with Crippen LogP contribution in [0.4, 0.5) is 0 Å². The summed E-state index contributed by atoms with van der Waals surface area (Å²) in [6, 6.07) is 8.32. The number of amides is 1. The fourth-order valence-corrected chi connectivity index (χ4v) is 1.48. The van der Waals surface area contributed by atoms with Gasteiger partial charge in [-0.1, -0.05) is 38.1 Å². The van der Waals surface area contributed by atoms with Crippen molar-refractivity contribution in [1.29, 1.82) is 0 Å². The minimum atomic E-state index is -0.350. The van der Waals surface area contributed by atoms with E-state index in [1.54, 1.807) is 6.41 Å². The van der Waals surface area contributed by atoms with Gasteiger partial charge in [0, 0.05) is 0 Å². The molecule has 1 aromatic carbocycles. The maximum atomic E-state index is 10.3. The molecular formula is C13H18NO. The minimum Gasteiger partial charge on any atom is -0.339 e. The summed E-state index contributed by atoms with van der Waals surface area (Å²) in [5.74, 6) is 0.535. The van der Waals surface area contributed by atoms with Crippen LogP contribution in [-0.4, -0.2) is 6.41 Å². The van der Waals surface area contributed by atoms with Crippen LogP contribution < -0.4 is 5.32 Å². The second-order valence-corrected chi connectivity index (χ2v) is 4.63. The quantitative estimate of drug-likeness (QED) is 0.751. The molecule has 15 heavy (non-hydrogen) atoms. The van der Waals surface area contributed by atoms with E-state index < -0.39 is 0 Å². The molecular weight excluding hydrogens is 186 g/mol. The van der Waals surface area contributed by atoms with Crippen LogP contribution in [0.15, 0.2) is 24.3 Å². The molecule has 2 nitrogen and oxygen atoms in total. The lowest BCUT2D eigenvalue weighted by Crippen LogP contribution is -2.35. The van der Waals surface area contributed by atoms with E-state index in [1.807, 2.05) is 13.8 Å². The van der Waals surface area contributed by atoms with E-state index in [0.29, 0.717) is 5.92 Å². The lowest BCUT2D eigenvalue weighted by atomic mass is 9.92. The van der Waals surface area contributed by atoms with Gasteiger partial charge in [-0.25, -0.2) is 0 Å². The first kappa shape index (κ1) is 11.8. The summed E-state index contributed by atoms with van der Waals surface area (Å²) in [6.45, 7) is 8.25.